The van der Waals surface area contributed by atoms with Crippen molar-refractivity contribution in [2.45, 2.75) is 13.1 Å². The number of aromatic nitrogens is 6. The Hall–Kier alpha value is -1.76. The van der Waals surface area contributed by atoms with Gasteiger partial charge in [-0.25, -0.2) is 0 Å². The van der Waals surface area contributed by atoms with Gasteiger partial charge >= 0.3 is 0 Å². The Bertz CT molecular complexity index is 415. The summed E-state index contributed by atoms with van der Waals surface area (Å²) >= 11 is 0. The number of nitrogens with zero attached hydrogens (tertiary/aromatic N) is 6. The molecule has 74 valence electrons. The number of rotatable bonds is 3. The zero-order valence-electron chi connectivity index (χ0n) is 7.83. The standard InChI is InChI=1S/C7H11N7/c1-13-11-7(10-12-13)5-14-4-6(2-8)3-9-14/h3-4H,2,5,8H2,1H3. The van der Waals surface area contributed by atoms with Gasteiger partial charge in [-0.2, -0.15) is 9.90 Å². The van der Waals surface area contributed by atoms with E-state index in [1.165, 1.54) is 4.80 Å². The lowest BCUT2D eigenvalue weighted by Crippen LogP contribution is -2.03. The van der Waals surface area contributed by atoms with Crippen LogP contribution in [0.25, 0.3) is 0 Å². The van der Waals surface area contributed by atoms with Crippen molar-refractivity contribution < 1.29 is 0 Å². The molecule has 0 radical (unpaired) electrons. The first-order valence-corrected chi connectivity index (χ1v) is 4.22. The summed E-state index contributed by atoms with van der Waals surface area (Å²) in [5.74, 6) is 0.638. The van der Waals surface area contributed by atoms with Crippen LogP contribution in [0, 0.1) is 0 Å². The van der Waals surface area contributed by atoms with Crippen LogP contribution in [0.4, 0.5) is 0 Å². The molecule has 0 spiro atoms. The van der Waals surface area contributed by atoms with Gasteiger partial charge in [-0.15, -0.1) is 10.2 Å². The molecule has 2 aromatic heterocycles. The summed E-state index contributed by atoms with van der Waals surface area (Å²) in [6.45, 7) is 1.02. The summed E-state index contributed by atoms with van der Waals surface area (Å²) in [6, 6.07) is 0. The fourth-order valence-electron chi connectivity index (χ4n) is 1.13. The van der Waals surface area contributed by atoms with E-state index in [9.17, 15) is 0 Å². The van der Waals surface area contributed by atoms with Gasteiger partial charge in [-0.3, -0.25) is 4.68 Å². The number of hydrogen-bond acceptors (Lipinski definition) is 5. The average Bonchev–Trinajstić information content (AvgIpc) is 2.76. The van der Waals surface area contributed by atoms with E-state index in [1.54, 1.807) is 17.9 Å². The molecule has 2 rings (SSSR count). The summed E-state index contributed by atoms with van der Waals surface area (Å²) in [5.41, 5.74) is 6.45. The molecule has 0 fully saturated rings. The highest BCUT2D eigenvalue weighted by Crippen LogP contribution is 1.97. The Kier molecular flexibility index (Phi) is 2.23. The van der Waals surface area contributed by atoms with Crippen molar-refractivity contribution in [1.29, 1.82) is 0 Å². The van der Waals surface area contributed by atoms with Crippen LogP contribution in [0.5, 0.6) is 0 Å². The van der Waals surface area contributed by atoms with E-state index in [1.807, 2.05) is 6.20 Å². The fraction of sp³-hybridized carbons (Fsp3) is 0.429. The zero-order valence-corrected chi connectivity index (χ0v) is 7.83. The van der Waals surface area contributed by atoms with Gasteiger partial charge in [0.15, 0.2) is 5.82 Å². The van der Waals surface area contributed by atoms with Crippen molar-refractivity contribution >= 4 is 0 Å². The van der Waals surface area contributed by atoms with Crippen LogP contribution < -0.4 is 5.73 Å². The normalized spacial score (nSPS) is 10.7. The molecule has 0 aromatic carbocycles. The maximum Gasteiger partial charge on any atom is 0.196 e. The quantitative estimate of drug-likeness (QED) is 0.669. The summed E-state index contributed by atoms with van der Waals surface area (Å²) < 4.78 is 1.74. The maximum atomic E-state index is 5.46. The van der Waals surface area contributed by atoms with Gasteiger partial charge in [-0.1, -0.05) is 0 Å². The molecule has 0 amide bonds. The Labute approximate surface area is 80.5 Å². The van der Waals surface area contributed by atoms with E-state index in [4.69, 9.17) is 5.73 Å². The predicted octanol–water partition coefficient (Wildman–Crippen LogP) is -1.09. The lowest BCUT2D eigenvalue weighted by molar-refractivity contribution is 0.617. The molecular weight excluding hydrogens is 182 g/mol. The second-order valence-electron chi connectivity index (χ2n) is 2.95. The van der Waals surface area contributed by atoms with Gasteiger partial charge in [0.2, 0.25) is 0 Å². The third kappa shape index (κ3) is 1.77. The summed E-state index contributed by atoms with van der Waals surface area (Å²) in [7, 11) is 1.73. The van der Waals surface area contributed by atoms with E-state index in [2.05, 4.69) is 20.5 Å². The molecule has 2 N–H and O–H groups in total. The molecule has 0 bridgehead atoms. The third-order valence-electron chi connectivity index (χ3n) is 1.78. The Morgan fingerprint density at radius 2 is 2.36 bits per heavy atom. The molecular formula is C7H11N7. The topological polar surface area (TPSA) is 87.4 Å². The summed E-state index contributed by atoms with van der Waals surface area (Å²) in [6.07, 6.45) is 3.60. The molecule has 0 aliphatic rings. The van der Waals surface area contributed by atoms with E-state index >= 15 is 0 Å². The van der Waals surface area contributed by atoms with Gasteiger partial charge in [-0.05, 0) is 5.21 Å². The fourth-order valence-corrected chi connectivity index (χ4v) is 1.13. The van der Waals surface area contributed by atoms with E-state index in [-0.39, 0.29) is 0 Å². The van der Waals surface area contributed by atoms with Gasteiger partial charge < -0.3 is 5.73 Å². The molecule has 2 heterocycles. The van der Waals surface area contributed by atoms with Crippen molar-refractivity contribution in [2.75, 3.05) is 0 Å². The summed E-state index contributed by atoms with van der Waals surface area (Å²) in [4.78, 5) is 1.42. The predicted molar refractivity (Wildman–Crippen MR) is 48.0 cm³/mol. The van der Waals surface area contributed by atoms with Crippen molar-refractivity contribution in [3.05, 3.63) is 23.8 Å². The maximum absolute atomic E-state index is 5.46. The van der Waals surface area contributed by atoms with Crippen molar-refractivity contribution in [3.8, 4) is 0 Å². The van der Waals surface area contributed by atoms with Crippen molar-refractivity contribution in [1.82, 2.24) is 30.0 Å². The number of aryl methyl sites for hydroxylation is 1. The number of nitrogens with two attached hydrogens (primary N) is 1. The van der Waals surface area contributed by atoms with Crippen LogP contribution in [-0.2, 0) is 20.1 Å². The molecule has 0 saturated heterocycles. The second kappa shape index (κ2) is 3.54. The summed E-state index contributed by atoms with van der Waals surface area (Å²) in [5, 5.41) is 15.7. The molecule has 2 aromatic rings. The molecule has 0 saturated carbocycles. The van der Waals surface area contributed by atoms with Crippen LogP contribution in [-0.4, -0.2) is 30.0 Å². The van der Waals surface area contributed by atoms with Crippen LogP contribution in [0.15, 0.2) is 12.4 Å². The van der Waals surface area contributed by atoms with Crippen LogP contribution in [0.3, 0.4) is 0 Å². The van der Waals surface area contributed by atoms with E-state index in [0.29, 0.717) is 18.9 Å². The van der Waals surface area contributed by atoms with Crippen LogP contribution >= 0.6 is 0 Å². The highest BCUT2D eigenvalue weighted by atomic mass is 15.6. The van der Waals surface area contributed by atoms with Gasteiger partial charge in [0.1, 0.15) is 6.54 Å². The van der Waals surface area contributed by atoms with Gasteiger partial charge in [0.25, 0.3) is 0 Å². The zero-order chi connectivity index (χ0) is 9.97. The van der Waals surface area contributed by atoms with E-state index in [0.717, 1.165) is 5.56 Å². The molecule has 0 atom stereocenters. The van der Waals surface area contributed by atoms with Crippen LogP contribution in [0.1, 0.15) is 11.4 Å². The van der Waals surface area contributed by atoms with Gasteiger partial charge in [0.05, 0.1) is 13.2 Å². The van der Waals surface area contributed by atoms with Gasteiger partial charge in [0, 0.05) is 18.3 Å². The molecule has 7 heteroatoms. The minimum Gasteiger partial charge on any atom is -0.326 e. The highest BCUT2D eigenvalue weighted by Gasteiger charge is 2.02. The average molecular weight is 193 g/mol. The minimum atomic E-state index is 0.494. The molecule has 0 aliphatic carbocycles. The monoisotopic (exact) mass is 193 g/mol. The lowest BCUT2D eigenvalue weighted by Gasteiger charge is -1.93. The van der Waals surface area contributed by atoms with Crippen molar-refractivity contribution in [3.63, 3.8) is 0 Å². The Morgan fingerprint density at radius 1 is 1.50 bits per heavy atom. The second-order valence-corrected chi connectivity index (χ2v) is 2.95. The van der Waals surface area contributed by atoms with Crippen LogP contribution in [0.2, 0.25) is 0 Å². The first-order valence-electron chi connectivity index (χ1n) is 4.22. The first kappa shape index (κ1) is 8.82. The Balaban J connectivity index is 2.10. The minimum absolute atomic E-state index is 0.494. The lowest BCUT2D eigenvalue weighted by atomic mass is 10.4. The SMILES string of the molecule is Cn1nnc(Cn2cc(CN)cn2)n1. The first-order chi connectivity index (χ1) is 6.78. The van der Waals surface area contributed by atoms with E-state index < -0.39 is 0 Å². The third-order valence-corrected chi connectivity index (χ3v) is 1.78. The number of hydrogen-bond donors (Lipinski definition) is 1. The van der Waals surface area contributed by atoms with Crippen molar-refractivity contribution in [2.24, 2.45) is 12.8 Å². The highest BCUT2D eigenvalue weighted by molar-refractivity contribution is 5.03. The largest absolute Gasteiger partial charge is 0.326 e. The molecule has 0 unspecified atom stereocenters. The smallest absolute Gasteiger partial charge is 0.196 e. The Morgan fingerprint density at radius 3 is 2.93 bits per heavy atom. The molecule has 14 heavy (non-hydrogen) atoms. The molecule has 7 nitrogen and oxygen atoms in total. The number of tetrazole rings is 1. The molecule has 0 aliphatic heterocycles.